The van der Waals surface area contributed by atoms with Crippen molar-refractivity contribution in [2.24, 2.45) is 0 Å². The zero-order chi connectivity index (χ0) is 18.9. The largest absolute Gasteiger partial charge is 0.483 e. The van der Waals surface area contributed by atoms with Crippen LogP contribution in [0.25, 0.3) is 0 Å². The summed E-state index contributed by atoms with van der Waals surface area (Å²) in [5.74, 6) is 1.59. The molecule has 3 rings (SSSR count). The Balaban J connectivity index is 0.000000758. The van der Waals surface area contributed by atoms with Gasteiger partial charge >= 0.3 is 0 Å². The highest BCUT2D eigenvalue weighted by Crippen LogP contribution is 2.13. The highest BCUT2D eigenvalue weighted by molar-refractivity contribution is 6.30. The van der Waals surface area contributed by atoms with Gasteiger partial charge in [-0.3, -0.25) is 24.6 Å². The Kier molecular flexibility index (Phi) is 7.49. The summed E-state index contributed by atoms with van der Waals surface area (Å²) < 4.78 is 0. The quantitative estimate of drug-likeness (QED) is 0.769. The fourth-order valence-electron chi connectivity index (χ4n) is 2.70. The molecule has 0 aliphatic carbocycles. The highest BCUT2D eigenvalue weighted by atomic mass is 35.5. The molecule has 140 valence electrons. The molecule has 3 heterocycles. The van der Waals surface area contributed by atoms with E-state index >= 15 is 0 Å². The van der Waals surface area contributed by atoms with E-state index in [4.69, 9.17) is 21.5 Å². The summed E-state index contributed by atoms with van der Waals surface area (Å²) in [4.78, 5) is 33.4. The molecule has 10 heteroatoms. The van der Waals surface area contributed by atoms with Crippen molar-refractivity contribution in [2.45, 2.75) is 19.9 Å². The van der Waals surface area contributed by atoms with Gasteiger partial charge in [0.1, 0.15) is 5.82 Å². The van der Waals surface area contributed by atoms with Crippen molar-refractivity contribution in [3.63, 3.8) is 0 Å². The van der Waals surface area contributed by atoms with Crippen LogP contribution in [-0.2, 0) is 11.3 Å². The summed E-state index contributed by atoms with van der Waals surface area (Å²) in [6.45, 7) is 5.46. The number of carboxylic acid groups (broad SMARTS) is 1. The SMILES string of the molecule is Cc1nc(CN2CCCN(C(=O)c3cncc(Cl)c3)CC2)n[nH]1.O=CO. The minimum absolute atomic E-state index is 0.0180. The number of hydrogen-bond donors (Lipinski definition) is 2. The number of aromatic nitrogens is 4. The second-order valence-corrected chi connectivity index (χ2v) is 6.19. The second-order valence-electron chi connectivity index (χ2n) is 5.76. The molecule has 0 radical (unpaired) electrons. The number of carbonyl (C=O) groups is 2. The standard InChI is InChI=1S/C15H19ClN6O.CH2O2/c1-11-18-14(20-19-11)10-21-3-2-4-22(6-5-21)15(23)12-7-13(16)9-17-8-12;2-1-3/h7-9H,2-6,10H2,1H3,(H,18,19,20);1H,(H,2,3). The van der Waals surface area contributed by atoms with E-state index in [2.05, 4.69) is 25.1 Å². The smallest absolute Gasteiger partial charge is 0.290 e. The van der Waals surface area contributed by atoms with Crippen LogP contribution in [-0.4, -0.2) is 73.6 Å². The summed E-state index contributed by atoms with van der Waals surface area (Å²) in [7, 11) is 0. The Morgan fingerprint density at radius 3 is 2.77 bits per heavy atom. The van der Waals surface area contributed by atoms with E-state index in [0.29, 0.717) is 23.7 Å². The molecule has 9 nitrogen and oxygen atoms in total. The number of carbonyl (C=O) groups excluding carboxylic acids is 1. The predicted molar refractivity (Wildman–Crippen MR) is 94.9 cm³/mol. The van der Waals surface area contributed by atoms with Crippen LogP contribution in [0, 0.1) is 6.92 Å². The fraction of sp³-hybridized carbons (Fsp3) is 0.438. The number of aromatic amines is 1. The van der Waals surface area contributed by atoms with Crippen molar-refractivity contribution in [1.29, 1.82) is 0 Å². The number of nitrogens with one attached hydrogen (secondary N) is 1. The fourth-order valence-corrected chi connectivity index (χ4v) is 2.88. The lowest BCUT2D eigenvalue weighted by Crippen LogP contribution is -2.35. The third kappa shape index (κ3) is 5.78. The molecule has 0 bridgehead atoms. The predicted octanol–water partition coefficient (Wildman–Crippen LogP) is 1.21. The molecule has 0 unspecified atom stereocenters. The zero-order valence-electron chi connectivity index (χ0n) is 14.4. The van der Waals surface area contributed by atoms with Crippen molar-refractivity contribution in [1.82, 2.24) is 30.0 Å². The third-order valence-corrected chi connectivity index (χ3v) is 4.04. The van der Waals surface area contributed by atoms with Crippen LogP contribution in [0.15, 0.2) is 18.5 Å². The highest BCUT2D eigenvalue weighted by Gasteiger charge is 2.21. The molecule has 0 atom stereocenters. The summed E-state index contributed by atoms with van der Waals surface area (Å²) in [5.41, 5.74) is 0.538. The lowest BCUT2D eigenvalue weighted by molar-refractivity contribution is -0.122. The molecule has 2 N–H and O–H groups in total. The normalized spacial score (nSPS) is 14.9. The van der Waals surface area contributed by atoms with Crippen LogP contribution in [0.1, 0.15) is 28.4 Å². The maximum atomic E-state index is 12.6. The van der Waals surface area contributed by atoms with E-state index in [-0.39, 0.29) is 12.4 Å². The minimum atomic E-state index is -0.250. The molecule has 1 aliphatic heterocycles. The average Bonchev–Trinajstić information content (AvgIpc) is 2.88. The number of rotatable bonds is 3. The number of halogens is 1. The lowest BCUT2D eigenvalue weighted by atomic mass is 10.2. The Hall–Kier alpha value is -2.52. The first-order valence-corrected chi connectivity index (χ1v) is 8.49. The molecule has 0 saturated carbocycles. The van der Waals surface area contributed by atoms with Gasteiger partial charge < -0.3 is 10.0 Å². The number of H-pyrrole nitrogens is 1. The third-order valence-electron chi connectivity index (χ3n) is 3.84. The first-order chi connectivity index (χ1) is 12.5. The summed E-state index contributed by atoms with van der Waals surface area (Å²) in [5, 5.41) is 14.4. The zero-order valence-corrected chi connectivity index (χ0v) is 15.2. The van der Waals surface area contributed by atoms with Crippen molar-refractivity contribution < 1.29 is 14.7 Å². The number of hydrogen-bond acceptors (Lipinski definition) is 6. The van der Waals surface area contributed by atoms with Crippen LogP contribution in [0.2, 0.25) is 5.02 Å². The molecule has 2 aromatic rings. The van der Waals surface area contributed by atoms with Gasteiger partial charge in [0.15, 0.2) is 5.82 Å². The van der Waals surface area contributed by atoms with Crippen molar-refractivity contribution >= 4 is 24.0 Å². The van der Waals surface area contributed by atoms with E-state index in [1.54, 1.807) is 12.3 Å². The van der Waals surface area contributed by atoms with Gasteiger partial charge in [0.25, 0.3) is 12.4 Å². The van der Waals surface area contributed by atoms with Crippen LogP contribution in [0.5, 0.6) is 0 Å². The summed E-state index contributed by atoms with van der Waals surface area (Å²) in [6.07, 6.45) is 4.01. The molecule has 1 saturated heterocycles. The van der Waals surface area contributed by atoms with Crippen molar-refractivity contribution in [2.75, 3.05) is 26.2 Å². The van der Waals surface area contributed by atoms with Crippen LogP contribution < -0.4 is 0 Å². The van der Waals surface area contributed by atoms with Gasteiger partial charge in [-0.15, -0.1) is 0 Å². The van der Waals surface area contributed by atoms with E-state index in [1.165, 1.54) is 6.20 Å². The molecule has 1 amide bonds. The van der Waals surface area contributed by atoms with Gasteiger partial charge in [0.05, 0.1) is 17.1 Å². The topological polar surface area (TPSA) is 115 Å². The number of amides is 1. The maximum Gasteiger partial charge on any atom is 0.290 e. The molecule has 1 aliphatic rings. The van der Waals surface area contributed by atoms with Gasteiger partial charge in [-0.2, -0.15) is 5.10 Å². The number of pyridine rings is 1. The number of nitrogens with zero attached hydrogens (tertiary/aromatic N) is 5. The molecule has 1 fully saturated rings. The Morgan fingerprint density at radius 2 is 2.12 bits per heavy atom. The van der Waals surface area contributed by atoms with Gasteiger partial charge in [0, 0.05) is 38.6 Å². The monoisotopic (exact) mass is 380 g/mol. The van der Waals surface area contributed by atoms with Crippen LogP contribution in [0.4, 0.5) is 0 Å². The molecule has 0 aromatic carbocycles. The molecule has 2 aromatic heterocycles. The second kappa shape index (κ2) is 9.83. The maximum absolute atomic E-state index is 12.6. The van der Waals surface area contributed by atoms with Gasteiger partial charge in [0.2, 0.25) is 0 Å². The molecular weight excluding hydrogens is 360 g/mol. The Bertz CT molecular complexity index is 738. The van der Waals surface area contributed by atoms with Crippen LogP contribution in [0.3, 0.4) is 0 Å². The number of aryl methyl sites for hydroxylation is 1. The van der Waals surface area contributed by atoms with Gasteiger partial charge in [-0.25, -0.2) is 4.98 Å². The first kappa shape index (κ1) is 19.8. The van der Waals surface area contributed by atoms with Gasteiger partial charge in [-0.1, -0.05) is 11.6 Å². The minimum Gasteiger partial charge on any atom is -0.483 e. The van der Waals surface area contributed by atoms with Crippen molar-refractivity contribution in [3.05, 3.63) is 40.7 Å². The van der Waals surface area contributed by atoms with Crippen molar-refractivity contribution in [3.8, 4) is 0 Å². The Labute approximate surface area is 156 Å². The van der Waals surface area contributed by atoms with E-state index < -0.39 is 0 Å². The van der Waals surface area contributed by atoms with E-state index in [1.807, 2.05) is 11.8 Å². The van der Waals surface area contributed by atoms with E-state index in [0.717, 1.165) is 37.7 Å². The Morgan fingerprint density at radius 1 is 1.35 bits per heavy atom. The molecular formula is C16H21ClN6O3. The first-order valence-electron chi connectivity index (χ1n) is 8.11. The molecule has 0 spiro atoms. The lowest BCUT2D eigenvalue weighted by Gasteiger charge is -2.21. The van der Waals surface area contributed by atoms with Gasteiger partial charge in [-0.05, 0) is 19.4 Å². The average molecular weight is 381 g/mol. The molecule has 26 heavy (non-hydrogen) atoms. The van der Waals surface area contributed by atoms with E-state index in [9.17, 15) is 4.79 Å². The summed E-state index contributed by atoms with van der Waals surface area (Å²) >= 11 is 5.92. The summed E-state index contributed by atoms with van der Waals surface area (Å²) in [6, 6.07) is 1.66. The van der Waals surface area contributed by atoms with Crippen LogP contribution >= 0.6 is 11.6 Å².